The second kappa shape index (κ2) is 6.58. The molecular weight excluding hydrogens is 242 g/mol. The molecule has 1 aromatic carbocycles. The van der Waals surface area contributed by atoms with Crippen LogP contribution in [0, 0.1) is 6.92 Å². The summed E-state index contributed by atoms with van der Waals surface area (Å²) < 4.78 is 35.3. The van der Waals surface area contributed by atoms with Crippen molar-refractivity contribution in [1.82, 2.24) is 0 Å². The van der Waals surface area contributed by atoms with Crippen molar-refractivity contribution in [2.75, 3.05) is 31.0 Å². The van der Waals surface area contributed by atoms with Crippen molar-refractivity contribution in [3.05, 3.63) is 29.8 Å². The van der Waals surface area contributed by atoms with Crippen LogP contribution in [0.4, 0.5) is 5.69 Å². The molecule has 0 amide bonds. The third-order valence-electron chi connectivity index (χ3n) is 2.00. The Morgan fingerprint density at radius 2 is 1.82 bits per heavy atom. The molecule has 0 bridgehead atoms. The molecule has 0 aliphatic rings. The fourth-order valence-corrected chi connectivity index (χ4v) is 2.03. The topological polar surface area (TPSA) is 64.6 Å². The van der Waals surface area contributed by atoms with Crippen LogP contribution in [0.2, 0.25) is 0 Å². The van der Waals surface area contributed by atoms with Crippen molar-refractivity contribution in [2.45, 2.75) is 6.92 Å². The zero-order valence-corrected chi connectivity index (χ0v) is 10.8. The van der Waals surface area contributed by atoms with E-state index in [1.54, 1.807) is 12.1 Å². The van der Waals surface area contributed by atoms with Crippen LogP contribution >= 0.6 is 0 Å². The van der Waals surface area contributed by atoms with Crippen LogP contribution in [0.1, 0.15) is 5.56 Å². The minimum atomic E-state index is -3.46. The molecule has 1 N–H and O–H groups in total. The smallest absolute Gasteiger partial charge is 0.257 e. The van der Waals surface area contributed by atoms with Gasteiger partial charge >= 0.3 is 0 Å². The number of hydrogen-bond donors (Lipinski definition) is 1. The lowest BCUT2D eigenvalue weighted by molar-refractivity contribution is 0.0930. The first-order chi connectivity index (χ1) is 8.03. The monoisotopic (exact) mass is 259 g/mol. The molecule has 6 heteroatoms. The van der Waals surface area contributed by atoms with Gasteiger partial charge in [0.15, 0.2) is 5.94 Å². The Labute approximate surface area is 102 Å². The number of benzene rings is 1. The molecule has 0 spiro atoms. The second-order valence-electron chi connectivity index (χ2n) is 3.60. The van der Waals surface area contributed by atoms with Gasteiger partial charge in [-0.15, -0.1) is 0 Å². The molecule has 0 aliphatic heterocycles. The summed E-state index contributed by atoms with van der Waals surface area (Å²) in [5, 5.41) is 0. The summed E-state index contributed by atoms with van der Waals surface area (Å²) in [4.78, 5) is 0. The standard InChI is InChI=1S/C11H17NO4S/c1-10-3-5-11(6-4-10)12-17(13,14)9-16-8-7-15-2/h3-6,12H,7-9H2,1-2H3. The zero-order chi connectivity index (χ0) is 12.7. The van der Waals surface area contributed by atoms with Crippen molar-refractivity contribution < 1.29 is 17.9 Å². The fourth-order valence-electron chi connectivity index (χ4n) is 1.14. The van der Waals surface area contributed by atoms with Crippen LogP contribution in [0.3, 0.4) is 0 Å². The number of sulfonamides is 1. The van der Waals surface area contributed by atoms with Crippen molar-refractivity contribution >= 4 is 15.7 Å². The van der Waals surface area contributed by atoms with E-state index in [4.69, 9.17) is 9.47 Å². The zero-order valence-electron chi connectivity index (χ0n) is 9.97. The van der Waals surface area contributed by atoms with Crippen LogP contribution in [0.5, 0.6) is 0 Å². The Morgan fingerprint density at radius 1 is 1.18 bits per heavy atom. The van der Waals surface area contributed by atoms with Crippen molar-refractivity contribution in [2.24, 2.45) is 0 Å². The summed E-state index contributed by atoms with van der Waals surface area (Å²) in [5.74, 6) is -0.371. The number of methoxy groups -OCH3 is 1. The van der Waals surface area contributed by atoms with Crippen LogP contribution in [0.25, 0.3) is 0 Å². The Bertz CT molecular complexity index is 427. The summed E-state index contributed by atoms with van der Waals surface area (Å²) in [6, 6.07) is 7.09. The van der Waals surface area contributed by atoms with Crippen LogP contribution in [-0.4, -0.2) is 34.7 Å². The minimum absolute atomic E-state index is 0.255. The van der Waals surface area contributed by atoms with E-state index in [0.29, 0.717) is 12.3 Å². The normalized spacial score (nSPS) is 11.4. The van der Waals surface area contributed by atoms with E-state index in [1.165, 1.54) is 7.11 Å². The van der Waals surface area contributed by atoms with E-state index in [0.717, 1.165) is 5.56 Å². The first kappa shape index (κ1) is 14.0. The van der Waals surface area contributed by atoms with Gasteiger partial charge in [-0.25, -0.2) is 8.42 Å². The third kappa shape index (κ3) is 5.67. The maximum atomic E-state index is 11.6. The largest absolute Gasteiger partial charge is 0.382 e. The molecule has 96 valence electrons. The van der Waals surface area contributed by atoms with Gasteiger partial charge in [-0.2, -0.15) is 0 Å². The lowest BCUT2D eigenvalue weighted by Gasteiger charge is -2.08. The van der Waals surface area contributed by atoms with E-state index in [-0.39, 0.29) is 12.5 Å². The van der Waals surface area contributed by atoms with E-state index in [2.05, 4.69) is 4.72 Å². The van der Waals surface area contributed by atoms with Crippen molar-refractivity contribution in [1.29, 1.82) is 0 Å². The molecule has 0 radical (unpaired) electrons. The van der Waals surface area contributed by atoms with E-state index >= 15 is 0 Å². The van der Waals surface area contributed by atoms with E-state index in [1.807, 2.05) is 19.1 Å². The quantitative estimate of drug-likeness (QED) is 0.751. The summed E-state index contributed by atoms with van der Waals surface area (Å²) >= 11 is 0. The van der Waals surface area contributed by atoms with Crippen LogP contribution < -0.4 is 4.72 Å². The summed E-state index contributed by atoms with van der Waals surface area (Å²) in [7, 11) is -1.93. The highest BCUT2D eigenvalue weighted by molar-refractivity contribution is 7.92. The molecule has 17 heavy (non-hydrogen) atoms. The maximum Gasteiger partial charge on any atom is 0.257 e. The lowest BCUT2D eigenvalue weighted by atomic mass is 10.2. The van der Waals surface area contributed by atoms with Gasteiger partial charge in [-0.1, -0.05) is 17.7 Å². The van der Waals surface area contributed by atoms with Gasteiger partial charge in [-0.05, 0) is 19.1 Å². The van der Waals surface area contributed by atoms with Crippen LogP contribution in [-0.2, 0) is 19.5 Å². The van der Waals surface area contributed by atoms with Gasteiger partial charge in [0.1, 0.15) is 0 Å². The predicted molar refractivity (Wildman–Crippen MR) is 66.4 cm³/mol. The molecule has 0 saturated heterocycles. The Hall–Kier alpha value is -1.11. The Balaban J connectivity index is 2.46. The maximum absolute atomic E-state index is 11.6. The average molecular weight is 259 g/mol. The summed E-state index contributed by atoms with van der Waals surface area (Å²) in [5.41, 5.74) is 1.61. The molecule has 5 nitrogen and oxygen atoms in total. The highest BCUT2D eigenvalue weighted by Crippen LogP contribution is 2.10. The van der Waals surface area contributed by atoms with Gasteiger partial charge in [0.25, 0.3) is 10.0 Å². The lowest BCUT2D eigenvalue weighted by Crippen LogP contribution is -2.19. The van der Waals surface area contributed by atoms with Gasteiger partial charge in [0.2, 0.25) is 0 Å². The SMILES string of the molecule is COCCOCS(=O)(=O)Nc1ccc(C)cc1. The molecule has 0 unspecified atom stereocenters. The first-order valence-corrected chi connectivity index (χ1v) is 6.82. The molecule has 0 aromatic heterocycles. The number of hydrogen-bond acceptors (Lipinski definition) is 4. The molecule has 1 aromatic rings. The third-order valence-corrected chi connectivity index (χ3v) is 3.02. The molecule has 0 fully saturated rings. The van der Waals surface area contributed by atoms with Gasteiger partial charge < -0.3 is 9.47 Å². The Morgan fingerprint density at radius 3 is 2.41 bits per heavy atom. The van der Waals surface area contributed by atoms with Crippen LogP contribution in [0.15, 0.2) is 24.3 Å². The van der Waals surface area contributed by atoms with Crippen molar-refractivity contribution in [3.8, 4) is 0 Å². The summed E-state index contributed by atoms with van der Waals surface area (Å²) in [6.45, 7) is 2.57. The second-order valence-corrected chi connectivity index (χ2v) is 5.27. The number of nitrogens with one attached hydrogen (secondary N) is 1. The van der Waals surface area contributed by atoms with E-state index in [9.17, 15) is 8.42 Å². The van der Waals surface area contributed by atoms with Gasteiger partial charge in [0, 0.05) is 12.8 Å². The number of rotatable bonds is 7. The number of ether oxygens (including phenoxy) is 2. The highest BCUT2D eigenvalue weighted by Gasteiger charge is 2.10. The highest BCUT2D eigenvalue weighted by atomic mass is 32.2. The molecule has 1 rings (SSSR count). The molecule has 0 atom stereocenters. The average Bonchev–Trinajstić information content (AvgIpc) is 2.27. The molecular formula is C11H17NO4S. The molecule has 0 saturated carbocycles. The molecule has 0 aliphatic carbocycles. The predicted octanol–water partition coefficient (Wildman–Crippen LogP) is 1.36. The van der Waals surface area contributed by atoms with Gasteiger partial charge in [-0.3, -0.25) is 4.72 Å². The molecule has 0 heterocycles. The number of anilines is 1. The van der Waals surface area contributed by atoms with Crippen molar-refractivity contribution in [3.63, 3.8) is 0 Å². The van der Waals surface area contributed by atoms with E-state index < -0.39 is 10.0 Å². The Kier molecular flexibility index (Phi) is 5.40. The fraction of sp³-hybridized carbons (Fsp3) is 0.455. The van der Waals surface area contributed by atoms with Gasteiger partial charge in [0.05, 0.1) is 13.2 Å². The summed E-state index contributed by atoms with van der Waals surface area (Å²) in [6.07, 6.45) is 0. The number of aryl methyl sites for hydroxylation is 1. The minimum Gasteiger partial charge on any atom is -0.382 e. The first-order valence-electron chi connectivity index (χ1n) is 5.17.